The first-order valence-electron chi connectivity index (χ1n) is 9.80. The van der Waals surface area contributed by atoms with Crippen LogP contribution in [0.15, 0.2) is 60.7 Å². The number of benzene rings is 3. The molecule has 0 saturated carbocycles. The van der Waals surface area contributed by atoms with Gasteiger partial charge in [0.2, 0.25) is 11.4 Å². The minimum absolute atomic E-state index is 1.04. The fraction of sp³-hybridized carbons (Fsp3) is 0.240. The number of hydrogen-bond acceptors (Lipinski definition) is 1. The van der Waals surface area contributed by atoms with Gasteiger partial charge in [-0.25, -0.2) is 0 Å². The third kappa shape index (κ3) is 2.95. The zero-order chi connectivity index (χ0) is 19.0. The van der Waals surface area contributed by atoms with Crippen LogP contribution in [0.5, 0.6) is 0 Å². The van der Waals surface area contributed by atoms with Crippen molar-refractivity contribution in [3.63, 3.8) is 0 Å². The Bertz CT molecular complexity index is 1060. The molecule has 3 aromatic rings. The Morgan fingerprint density at radius 3 is 2.37 bits per heavy atom. The Hall–Kier alpha value is -2.87. The van der Waals surface area contributed by atoms with Crippen LogP contribution in [0.1, 0.15) is 30.5 Å². The van der Waals surface area contributed by atoms with Gasteiger partial charge in [-0.1, -0.05) is 30.3 Å². The lowest BCUT2D eigenvalue weighted by molar-refractivity contribution is -0.399. The van der Waals surface area contributed by atoms with Crippen LogP contribution in [-0.4, -0.2) is 30.4 Å². The molecule has 0 fully saturated rings. The fourth-order valence-corrected chi connectivity index (χ4v) is 4.13. The van der Waals surface area contributed by atoms with Crippen molar-refractivity contribution in [3.05, 3.63) is 77.4 Å². The molecule has 1 heterocycles. The van der Waals surface area contributed by atoms with E-state index in [-0.39, 0.29) is 0 Å². The number of anilines is 1. The molecule has 0 amide bonds. The van der Waals surface area contributed by atoms with Gasteiger partial charge >= 0.3 is 0 Å². The van der Waals surface area contributed by atoms with Gasteiger partial charge in [0.1, 0.15) is 7.05 Å². The molecule has 2 nitrogen and oxygen atoms in total. The van der Waals surface area contributed by atoms with Gasteiger partial charge in [-0.2, -0.15) is 4.58 Å². The van der Waals surface area contributed by atoms with Gasteiger partial charge in [-0.3, -0.25) is 0 Å². The van der Waals surface area contributed by atoms with Gasteiger partial charge in [0.15, 0.2) is 0 Å². The van der Waals surface area contributed by atoms with Crippen molar-refractivity contribution >= 4 is 33.9 Å². The second kappa shape index (κ2) is 7.03. The highest BCUT2D eigenvalue weighted by atomic mass is 15.1. The van der Waals surface area contributed by atoms with Crippen LogP contribution < -0.4 is 4.90 Å². The molecular formula is C25H27N2+. The summed E-state index contributed by atoms with van der Waals surface area (Å²) >= 11 is 0. The second-order valence-corrected chi connectivity index (χ2v) is 7.17. The molecular weight excluding hydrogens is 328 g/mol. The second-order valence-electron chi connectivity index (χ2n) is 7.17. The molecule has 0 aliphatic carbocycles. The van der Waals surface area contributed by atoms with Crippen molar-refractivity contribution in [2.75, 3.05) is 25.0 Å². The van der Waals surface area contributed by atoms with Crippen molar-refractivity contribution in [1.82, 2.24) is 0 Å². The monoisotopic (exact) mass is 355 g/mol. The molecule has 0 atom stereocenters. The van der Waals surface area contributed by atoms with E-state index in [9.17, 15) is 0 Å². The molecule has 1 aliphatic rings. The van der Waals surface area contributed by atoms with Crippen molar-refractivity contribution in [2.45, 2.75) is 20.8 Å². The third-order valence-electron chi connectivity index (χ3n) is 5.68. The topological polar surface area (TPSA) is 6.25 Å². The lowest BCUT2D eigenvalue weighted by Crippen LogP contribution is -2.21. The molecule has 136 valence electrons. The Morgan fingerprint density at radius 1 is 0.926 bits per heavy atom. The number of rotatable bonds is 5. The van der Waals surface area contributed by atoms with Gasteiger partial charge in [-0.15, -0.1) is 0 Å². The zero-order valence-corrected chi connectivity index (χ0v) is 16.7. The van der Waals surface area contributed by atoms with Crippen LogP contribution in [-0.2, 0) is 0 Å². The van der Waals surface area contributed by atoms with E-state index in [0.29, 0.717) is 0 Å². The smallest absolute Gasteiger partial charge is 0.214 e. The van der Waals surface area contributed by atoms with Crippen LogP contribution in [0.4, 0.5) is 11.4 Å². The first-order chi connectivity index (χ1) is 13.1. The van der Waals surface area contributed by atoms with Crippen LogP contribution in [0, 0.1) is 6.92 Å². The Morgan fingerprint density at radius 2 is 1.67 bits per heavy atom. The molecule has 2 heteroatoms. The average Bonchev–Trinajstić information content (AvgIpc) is 2.96. The average molecular weight is 356 g/mol. The van der Waals surface area contributed by atoms with Crippen LogP contribution in [0.2, 0.25) is 0 Å². The van der Waals surface area contributed by atoms with Gasteiger partial charge in [0, 0.05) is 30.9 Å². The maximum atomic E-state index is 2.39. The van der Waals surface area contributed by atoms with E-state index in [0.717, 1.165) is 13.1 Å². The molecule has 27 heavy (non-hydrogen) atoms. The van der Waals surface area contributed by atoms with Crippen molar-refractivity contribution in [2.24, 2.45) is 0 Å². The first-order valence-corrected chi connectivity index (χ1v) is 9.80. The van der Waals surface area contributed by atoms with E-state index in [4.69, 9.17) is 0 Å². The van der Waals surface area contributed by atoms with E-state index >= 15 is 0 Å². The standard InChI is InChI=1S/C25H27N2/c1-5-27(6-2)21-15-13-19(18(3)17-21)14-16-23-22-11-7-9-20-10-8-12-24(25(20)22)26(23)4/h7-17H,5-6H2,1-4H3/q+1. The number of allylic oxidation sites excluding steroid dienone is 1. The quantitative estimate of drug-likeness (QED) is 0.525. The minimum atomic E-state index is 1.04. The summed E-state index contributed by atoms with van der Waals surface area (Å²) in [6.07, 6.45) is 4.51. The molecule has 4 rings (SSSR count). The van der Waals surface area contributed by atoms with Crippen molar-refractivity contribution in [1.29, 1.82) is 0 Å². The van der Waals surface area contributed by atoms with Crippen LogP contribution >= 0.6 is 0 Å². The summed E-state index contributed by atoms with van der Waals surface area (Å²) in [5, 5.41) is 2.66. The number of nitrogens with zero attached hydrogens (tertiary/aromatic N) is 2. The molecule has 1 aliphatic heterocycles. The summed E-state index contributed by atoms with van der Waals surface area (Å²) in [6.45, 7) is 8.69. The van der Waals surface area contributed by atoms with Gasteiger partial charge in [0.25, 0.3) is 0 Å². The maximum Gasteiger partial charge on any atom is 0.214 e. The van der Waals surface area contributed by atoms with E-state index in [2.05, 4.69) is 104 Å². The summed E-state index contributed by atoms with van der Waals surface area (Å²) in [5.41, 5.74) is 7.75. The predicted octanol–water partition coefficient (Wildman–Crippen LogP) is 5.78. The van der Waals surface area contributed by atoms with Gasteiger partial charge < -0.3 is 4.90 Å². The third-order valence-corrected chi connectivity index (χ3v) is 5.68. The molecule has 0 aromatic heterocycles. The molecule has 0 saturated heterocycles. The highest BCUT2D eigenvalue weighted by Gasteiger charge is 2.27. The predicted molar refractivity (Wildman–Crippen MR) is 118 cm³/mol. The number of aryl methyl sites for hydroxylation is 1. The molecule has 3 aromatic carbocycles. The normalized spacial score (nSPS) is 13.2. The van der Waals surface area contributed by atoms with E-state index in [1.54, 1.807) is 0 Å². The van der Waals surface area contributed by atoms with Gasteiger partial charge in [0.05, 0.1) is 10.9 Å². The minimum Gasteiger partial charge on any atom is -0.372 e. The van der Waals surface area contributed by atoms with Crippen molar-refractivity contribution < 1.29 is 4.58 Å². The molecule has 0 unspecified atom stereocenters. The van der Waals surface area contributed by atoms with E-state index in [1.807, 2.05) is 0 Å². The zero-order valence-electron chi connectivity index (χ0n) is 16.7. The molecule has 0 N–H and O–H groups in total. The van der Waals surface area contributed by atoms with E-state index in [1.165, 1.54) is 44.5 Å². The molecule has 0 spiro atoms. The van der Waals surface area contributed by atoms with Crippen molar-refractivity contribution in [3.8, 4) is 0 Å². The Labute approximate surface area is 162 Å². The lowest BCUT2D eigenvalue weighted by atomic mass is 10.0. The molecule has 0 bridgehead atoms. The van der Waals surface area contributed by atoms with Crippen LogP contribution in [0.25, 0.3) is 16.8 Å². The first kappa shape index (κ1) is 17.5. The Balaban J connectivity index is 1.70. The SMILES string of the molecule is CCN(CC)c1ccc(/C=C/C2=[N+](C)c3cccc4cccc2c34)c(C)c1. The molecule has 0 radical (unpaired) electrons. The summed E-state index contributed by atoms with van der Waals surface area (Å²) in [4.78, 5) is 2.39. The largest absolute Gasteiger partial charge is 0.372 e. The summed E-state index contributed by atoms with van der Waals surface area (Å²) in [7, 11) is 2.16. The Kier molecular flexibility index (Phi) is 4.57. The fourth-order valence-electron chi connectivity index (χ4n) is 4.13. The highest BCUT2D eigenvalue weighted by molar-refractivity contribution is 6.20. The lowest BCUT2D eigenvalue weighted by Gasteiger charge is -2.21. The summed E-state index contributed by atoms with van der Waals surface area (Å²) < 4.78 is 2.30. The van der Waals surface area contributed by atoms with E-state index < -0.39 is 0 Å². The maximum absolute atomic E-state index is 2.39. The van der Waals surface area contributed by atoms with Crippen LogP contribution in [0.3, 0.4) is 0 Å². The summed E-state index contributed by atoms with van der Waals surface area (Å²) in [6, 6.07) is 19.9. The van der Waals surface area contributed by atoms with Gasteiger partial charge in [-0.05, 0) is 61.6 Å². The number of hydrogen-bond donors (Lipinski definition) is 0. The highest BCUT2D eigenvalue weighted by Crippen LogP contribution is 2.34. The summed E-state index contributed by atoms with van der Waals surface area (Å²) in [5.74, 6) is 0.